The van der Waals surface area contributed by atoms with Crippen LogP contribution in [0.1, 0.15) is 29.4 Å². The van der Waals surface area contributed by atoms with Crippen LogP contribution in [0, 0.1) is 13.8 Å². The van der Waals surface area contributed by atoms with Crippen LogP contribution in [-0.4, -0.2) is 16.4 Å². The second-order valence-corrected chi connectivity index (χ2v) is 7.26. The Morgan fingerprint density at radius 1 is 0.969 bits per heavy atom. The number of benzene rings is 2. The number of hydrogen-bond donors (Lipinski definition) is 2. The monoisotopic (exact) mass is 441 g/mol. The largest absolute Gasteiger partial charge is 0.418 e. The van der Waals surface area contributed by atoms with E-state index in [-0.39, 0.29) is 5.69 Å². The van der Waals surface area contributed by atoms with Crippen molar-refractivity contribution in [3.8, 4) is 5.69 Å². The minimum Gasteiger partial charge on any atom is -0.326 e. The fraction of sp³-hybridized carbons (Fsp3) is 0.167. The Hall–Kier alpha value is -3.81. The van der Waals surface area contributed by atoms with Crippen LogP contribution in [0.15, 0.2) is 60.7 Å². The fourth-order valence-electron chi connectivity index (χ4n) is 3.44. The van der Waals surface area contributed by atoms with Crippen molar-refractivity contribution in [1.82, 2.24) is 4.57 Å². The molecule has 0 aliphatic carbocycles. The van der Waals surface area contributed by atoms with Gasteiger partial charge in [-0.3, -0.25) is 9.59 Å². The Morgan fingerprint density at radius 2 is 1.66 bits per heavy atom. The van der Waals surface area contributed by atoms with Gasteiger partial charge in [0, 0.05) is 35.8 Å². The molecule has 1 aromatic heterocycles. The standard InChI is InChI=1S/C24H22F3N3O2/c1-15-13-18(16(2)30(15)20-7-5-4-6-8-20)9-12-23(32)29-22-11-10-19(28-17(3)31)14-21(22)24(25,26)27/h4-14H,1-3H3,(H,28,31)(H,29,32). The van der Waals surface area contributed by atoms with E-state index in [0.29, 0.717) is 0 Å². The van der Waals surface area contributed by atoms with E-state index in [2.05, 4.69) is 10.6 Å². The highest BCUT2D eigenvalue weighted by Crippen LogP contribution is 2.36. The summed E-state index contributed by atoms with van der Waals surface area (Å²) in [5.41, 5.74) is 2.16. The smallest absolute Gasteiger partial charge is 0.326 e. The maximum absolute atomic E-state index is 13.4. The summed E-state index contributed by atoms with van der Waals surface area (Å²) in [5.74, 6) is -1.20. The SMILES string of the molecule is CC(=O)Nc1ccc(NC(=O)C=Cc2cc(C)n(-c3ccccc3)c2C)c(C(F)(F)F)c1. The molecule has 1 heterocycles. The molecule has 0 saturated carbocycles. The van der Waals surface area contributed by atoms with Gasteiger partial charge in [0.25, 0.3) is 0 Å². The molecular formula is C24H22F3N3O2. The number of alkyl halides is 3. The summed E-state index contributed by atoms with van der Waals surface area (Å²) in [6, 6.07) is 14.8. The van der Waals surface area contributed by atoms with E-state index < -0.39 is 29.2 Å². The highest BCUT2D eigenvalue weighted by Gasteiger charge is 2.34. The van der Waals surface area contributed by atoms with Crippen LogP contribution in [0.2, 0.25) is 0 Å². The summed E-state index contributed by atoms with van der Waals surface area (Å²) in [6.07, 6.45) is -1.95. The highest BCUT2D eigenvalue weighted by molar-refractivity contribution is 6.02. The van der Waals surface area contributed by atoms with Crippen molar-refractivity contribution < 1.29 is 22.8 Å². The molecule has 32 heavy (non-hydrogen) atoms. The Labute approximate surface area is 183 Å². The lowest BCUT2D eigenvalue weighted by molar-refractivity contribution is -0.137. The van der Waals surface area contributed by atoms with E-state index in [1.807, 2.05) is 54.8 Å². The molecule has 0 aliphatic heterocycles. The number of nitrogens with one attached hydrogen (secondary N) is 2. The molecule has 2 N–H and O–H groups in total. The molecule has 3 rings (SSSR count). The highest BCUT2D eigenvalue weighted by atomic mass is 19.4. The van der Waals surface area contributed by atoms with Gasteiger partial charge < -0.3 is 15.2 Å². The summed E-state index contributed by atoms with van der Waals surface area (Å²) < 4.78 is 42.4. The average Bonchev–Trinajstić information content (AvgIpc) is 3.00. The summed E-state index contributed by atoms with van der Waals surface area (Å²) in [6.45, 7) is 5.03. The first kappa shape index (κ1) is 22.9. The summed E-state index contributed by atoms with van der Waals surface area (Å²) in [4.78, 5) is 23.5. The second kappa shape index (κ2) is 9.13. The predicted molar refractivity (Wildman–Crippen MR) is 119 cm³/mol. The van der Waals surface area contributed by atoms with E-state index in [0.717, 1.165) is 34.8 Å². The van der Waals surface area contributed by atoms with Crippen LogP contribution in [0.4, 0.5) is 24.5 Å². The van der Waals surface area contributed by atoms with Crippen molar-refractivity contribution in [2.75, 3.05) is 10.6 Å². The zero-order chi connectivity index (χ0) is 23.5. The van der Waals surface area contributed by atoms with Gasteiger partial charge in [-0.05, 0) is 61.9 Å². The van der Waals surface area contributed by atoms with Crippen molar-refractivity contribution >= 4 is 29.3 Å². The second-order valence-electron chi connectivity index (χ2n) is 7.26. The van der Waals surface area contributed by atoms with Crippen LogP contribution in [-0.2, 0) is 15.8 Å². The Bertz CT molecular complexity index is 1180. The maximum Gasteiger partial charge on any atom is 0.418 e. The number of carbonyl (C=O) groups excluding carboxylic acids is 2. The van der Waals surface area contributed by atoms with Gasteiger partial charge in [0.1, 0.15) is 0 Å². The lowest BCUT2D eigenvalue weighted by Gasteiger charge is -2.15. The molecule has 166 valence electrons. The molecular weight excluding hydrogens is 419 g/mol. The molecule has 0 fully saturated rings. The summed E-state index contributed by atoms with van der Waals surface area (Å²) >= 11 is 0. The summed E-state index contributed by atoms with van der Waals surface area (Å²) in [5, 5.41) is 4.58. The first-order valence-electron chi connectivity index (χ1n) is 9.78. The molecule has 0 saturated heterocycles. The number of aromatic nitrogens is 1. The van der Waals surface area contributed by atoms with Gasteiger partial charge >= 0.3 is 6.18 Å². The topological polar surface area (TPSA) is 63.1 Å². The third-order valence-electron chi connectivity index (χ3n) is 4.80. The van der Waals surface area contributed by atoms with Gasteiger partial charge in [0.2, 0.25) is 11.8 Å². The molecule has 3 aromatic rings. The number of carbonyl (C=O) groups is 2. The number of amides is 2. The van der Waals surface area contributed by atoms with Crippen LogP contribution < -0.4 is 10.6 Å². The Morgan fingerprint density at radius 3 is 2.28 bits per heavy atom. The van der Waals surface area contributed by atoms with Gasteiger partial charge in [0.15, 0.2) is 0 Å². The van der Waals surface area contributed by atoms with Crippen molar-refractivity contribution in [3.05, 3.63) is 83.2 Å². The van der Waals surface area contributed by atoms with E-state index in [1.165, 1.54) is 19.1 Å². The van der Waals surface area contributed by atoms with Crippen LogP contribution in [0.3, 0.4) is 0 Å². The normalized spacial score (nSPS) is 11.6. The van der Waals surface area contributed by atoms with E-state index in [9.17, 15) is 22.8 Å². The zero-order valence-electron chi connectivity index (χ0n) is 17.7. The van der Waals surface area contributed by atoms with Crippen molar-refractivity contribution in [3.63, 3.8) is 0 Å². The molecule has 0 spiro atoms. The van der Waals surface area contributed by atoms with E-state index >= 15 is 0 Å². The minimum atomic E-state index is -4.71. The predicted octanol–water partition coefficient (Wildman–Crippen LogP) is 5.72. The molecule has 0 bridgehead atoms. The molecule has 0 atom stereocenters. The number of nitrogens with zero attached hydrogens (tertiary/aromatic N) is 1. The Kier molecular flexibility index (Phi) is 6.53. The molecule has 2 amide bonds. The minimum absolute atomic E-state index is 0.00767. The van der Waals surface area contributed by atoms with Crippen molar-refractivity contribution in [2.24, 2.45) is 0 Å². The van der Waals surface area contributed by atoms with Gasteiger partial charge in [-0.1, -0.05) is 18.2 Å². The first-order valence-corrected chi connectivity index (χ1v) is 9.78. The average molecular weight is 441 g/mol. The van der Waals surface area contributed by atoms with Crippen LogP contribution >= 0.6 is 0 Å². The fourth-order valence-corrected chi connectivity index (χ4v) is 3.44. The third-order valence-corrected chi connectivity index (χ3v) is 4.80. The lowest BCUT2D eigenvalue weighted by Crippen LogP contribution is -2.16. The molecule has 0 radical (unpaired) electrons. The van der Waals surface area contributed by atoms with E-state index in [1.54, 1.807) is 6.08 Å². The number of para-hydroxylation sites is 1. The molecule has 0 aliphatic rings. The quantitative estimate of drug-likeness (QED) is 0.497. The maximum atomic E-state index is 13.4. The first-order chi connectivity index (χ1) is 15.1. The summed E-state index contributed by atoms with van der Waals surface area (Å²) in [7, 11) is 0. The Balaban J connectivity index is 1.83. The van der Waals surface area contributed by atoms with Gasteiger partial charge in [-0.2, -0.15) is 13.2 Å². The lowest BCUT2D eigenvalue weighted by atomic mass is 10.1. The number of halogens is 3. The molecule has 2 aromatic carbocycles. The number of rotatable bonds is 5. The van der Waals surface area contributed by atoms with Crippen LogP contribution in [0.25, 0.3) is 11.8 Å². The van der Waals surface area contributed by atoms with Crippen LogP contribution in [0.5, 0.6) is 0 Å². The molecule has 8 heteroatoms. The van der Waals surface area contributed by atoms with Gasteiger partial charge in [0.05, 0.1) is 11.3 Å². The van der Waals surface area contributed by atoms with Crippen molar-refractivity contribution in [1.29, 1.82) is 0 Å². The third kappa shape index (κ3) is 5.26. The van der Waals surface area contributed by atoms with Gasteiger partial charge in [-0.25, -0.2) is 0 Å². The number of anilines is 2. The zero-order valence-corrected chi connectivity index (χ0v) is 17.7. The van der Waals surface area contributed by atoms with Crippen molar-refractivity contribution in [2.45, 2.75) is 26.9 Å². The van der Waals surface area contributed by atoms with E-state index in [4.69, 9.17) is 0 Å². The molecule has 5 nitrogen and oxygen atoms in total. The van der Waals surface area contributed by atoms with Gasteiger partial charge in [-0.15, -0.1) is 0 Å². The number of aryl methyl sites for hydroxylation is 1. The number of hydrogen-bond acceptors (Lipinski definition) is 2. The molecule has 0 unspecified atom stereocenters.